The van der Waals surface area contributed by atoms with E-state index in [1.165, 1.54) is 11.6 Å². The number of benzene rings is 1. The number of sulfonamides is 1. The Balaban J connectivity index is 1.53. The number of nitrogens with one attached hydrogen (secondary N) is 1. The van der Waals surface area contributed by atoms with E-state index in [1.807, 2.05) is 12.1 Å². The molecule has 2 aliphatic rings. The Bertz CT molecular complexity index is 1000. The van der Waals surface area contributed by atoms with E-state index >= 15 is 0 Å². The van der Waals surface area contributed by atoms with Gasteiger partial charge in [0, 0.05) is 26.3 Å². The lowest BCUT2D eigenvalue weighted by Crippen LogP contribution is -2.37. The first-order chi connectivity index (χ1) is 13.9. The van der Waals surface area contributed by atoms with Gasteiger partial charge < -0.3 is 9.88 Å². The molecule has 2 heterocycles. The zero-order chi connectivity index (χ0) is 20.6. The summed E-state index contributed by atoms with van der Waals surface area (Å²) in [5.41, 5.74) is 2.81. The first kappa shape index (κ1) is 20.2. The highest BCUT2D eigenvalue weighted by Gasteiger charge is 2.30. The number of hydrogen-bond acceptors (Lipinski definition) is 3. The number of carbonyl (C=O) groups excluding carboxylic acids is 1. The molecule has 0 spiro atoms. The smallest absolute Gasteiger partial charge is 0.268 e. The first-order valence-electron chi connectivity index (χ1n) is 10.4. The average Bonchev–Trinajstić information content (AvgIpc) is 3.11. The molecule has 1 N–H and O–H groups in total. The number of carbonyl (C=O) groups is 1. The Kier molecular flexibility index (Phi) is 5.53. The highest BCUT2D eigenvalue weighted by Crippen LogP contribution is 2.30. The van der Waals surface area contributed by atoms with Crippen molar-refractivity contribution >= 4 is 15.9 Å². The molecule has 7 heteroatoms. The molecular formula is C22H29N3O3S. The molecule has 0 radical (unpaired) electrons. The molecule has 1 saturated heterocycles. The number of nitrogens with zero attached hydrogens (tertiary/aromatic N) is 2. The third kappa shape index (κ3) is 3.98. The molecule has 29 heavy (non-hydrogen) atoms. The highest BCUT2D eigenvalue weighted by molar-refractivity contribution is 7.89. The Morgan fingerprint density at radius 1 is 1.14 bits per heavy atom. The average molecular weight is 416 g/mol. The lowest BCUT2D eigenvalue weighted by atomic mass is 9.87. The van der Waals surface area contributed by atoms with Crippen molar-refractivity contribution < 1.29 is 13.2 Å². The van der Waals surface area contributed by atoms with Crippen molar-refractivity contribution in [1.29, 1.82) is 0 Å². The van der Waals surface area contributed by atoms with Crippen molar-refractivity contribution in [3.63, 3.8) is 0 Å². The number of aromatic nitrogens is 1. The van der Waals surface area contributed by atoms with Crippen LogP contribution in [0.5, 0.6) is 0 Å². The molecule has 1 aliphatic heterocycles. The second-order valence-electron chi connectivity index (χ2n) is 8.38. The summed E-state index contributed by atoms with van der Waals surface area (Å²) in [7, 11) is -1.85. The van der Waals surface area contributed by atoms with Gasteiger partial charge in [-0.15, -0.1) is 0 Å². The van der Waals surface area contributed by atoms with Crippen molar-refractivity contribution in [2.45, 2.75) is 50.0 Å². The van der Waals surface area contributed by atoms with Crippen molar-refractivity contribution in [3.05, 3.63) is 53.3 Å². The zero-order valence-electron chi connectivity index (χ0n) is 17.1. The van der Waals surface area contributed by atoms with Gasteiger partial charge in [-0.25, -0.2) is 8.42 Å². The second-order valence-corrected chi connectivity index (χ2v) is 10.3. The van der Waals surface area contributed by atoms with Crippen LogP contribution in [0, 0.1) is 5.92 Å². The summed E-state index contributed by atoms with van der Waals surface area (Å²) in [4.78, 5) is 13.2. The Morgan fingerprint density at radius 3 is 2.62 bits per heavy atom. The molecule has 1 aromatic carbocycles. The predicted octanol–water partition coefficient (Wildman–Crippen LogP) is 3.25. The Labute approximate surface area is 173 Å². The van der Waals surface area contributed by atoms with Gasteiger partial charge in [-0.2, -0.15) is 4.31 Å². The van der Waals surface area contributed by atoms with Gasteiger partial charge >= 0.3 is 0 Å². The number of amides is 1. The third-order valence-corrected chi connectivity index (χ3v) is 8.13. The lowest BCUT2D eigenvalue weighted by Gasteiger charge is -2.29. The summed E-state index contributed by atoms with van der Waals surface area (Å²) >= 11 is 0. The molecule has 156 valence electrons. The van der Waals surface area contributed by atoms with E-state index in [9.17, 15) is 13.2 Å². The summed E-state index contributed by atoms with van der Waals surface area (Å²) < 4.78 is 29.2. The number of fused-ring (bicyclic) bond motifs is 1. The van der Waals surface area contributed by atoms with Crippen LogP contribution in [-0.2, 0) is 23.5 Å². The summed E-state index contributed by atoms with van der Waals surface area (Å²) in [6.45, 7) is 3.23. The van der Waals surface area contributed by atoms with Gasteiger partial charge in [0.15, 0.2) is 0 Å². The van der Waals surface area contributed by atoms with E-state index in [4.69, 9.17) is 0 Å². The summed E-state index contributed by atoms with van der Waals surface area (Å²) in [6, 6.07) is 9.68. The monoisotopic (exact) mass is 415 g/mol. The third-order valence-electron chi connectivity index (χ3n) is 6.27. The minimum atomic E-state index is -3.57. The molecule has 0 saturated carbocycles. The maximum Gasteiger partial charge on any atom is 0.268 e. The van der Waals surface area contributed by atoms with Gasteiger partial charge in [0.2, 0.25) is 10.0 Å². The fourth-order valence-electron chi connectivity index (χ4n) is 4.41. The maximum absolute atomic E-state index is 13.0. The van der Waals surface area contributed by atoms with Crippen LogP contribution in [-0.4, -0.2) is 36.3 Å². The molecule has 4 rings (SSSR count). The fourth-order valence-corrected chi connectivity index (χ4v) is 5.95. The van der Waals surface area contributed by atoms with Crippen LogP contribution < -0.4 is 5.32 Å². The van der Waals surface area contributed by atoms with E-state index < -0.39 is 10.0 Å². The van der Waals surface area contributed by atoms with E-state index in [-0.39, 0.29) is 16.8 Å². The van der Waals surface area contributed by atoms with E-state index in [0.717, 1.165) is 37.7 Å². The quantitative estimate of drug-likeness (QED) is 0.833. The fraction of sp³-hybridized carbons (Fsp3) is 0.500. The van der Waals surface area contributed by atoms with Crippen molar-refractivity contribution in [2.24, 2.45) is 13.0 Å². The van der Waals surface area contributed by atoms with Gasteiger partial charge in [0.1, 0.15) is 10.6 Å². The van der Waals surface area contributed by atoms with Crippen LogP contribution in [0.3, 0.4) is 0 Å². The molecule has 6 nitrogen and oxygen atoms in total. The molecule has 1 atom stereocenters. The standard InChI is InChI=1S/C22H29N3O3S/c1-16-10-12-25(13-11-16)29(27,28)18-14-21(24(2)15-18)22(26)23-20-9-5-7-17-6-3-4-8-19(17)20/h3-4,6,8,14-16,20H,5,7,9-13H2,1-2H3,(H,23,26)/t20-/m0/s1. The minimum absolute atomic E-state index is 0.0361. The molecule has 1 aliphatic carbocycles. The van der Waals surface area contributed by atoms with Gasteiger partial charge in [0.25, 0.3) is 5.91 Å². The largest absolute Gasteiger partial charge is 0.345 e. The summed E-state index contributed by atoms with van der Waals surface area (Å²) in [6.07, 6.45) is 6.26. The van der Waals surface area contributed by atoms with Crippen LogP contribution in [0.4, 0.5) is 0 Å². The molecular weight excluding hydrogens is 386 g/mol. The van der Waals surface area contributed by atoms with Crippen molar-refractivity contribution in [3.8, 4) is 0 Å². The molecule has 1 fully saturated rings. The lowest BCUT2D eigenvalue weighted by molar-refractivity contribution is 0.0924. The van der Waals surface area contributed by atoms with Gasteiger partial charge in [0.05, 0.1) is 6.04 Å². The van der Waals surface area contributed by atoms with Gasteiger partial charge in [-0.3, -0.25) is 4.79 Å². The number of piperidine rings is 1. The molecule has 2 aromatic rings. The van der Waals surface area contributed by atoms with Crippen LogP contribution in [0.1, 0.15) is 60.3 Å². The molecule has 0 unspecified atom stereocenters. The number of hydrogen-bond donors (Lipinski definition) is 1. The van der Waals surface area contributed by atoms with E-state index in [0.29, 0.717) is 24.7 Å². The number of aryl methyl sites for hydroxylation is 2. The van der Waals surface area contributed by atoms with Crippen molar-refractivity contribution in [2.75, 3.05) is 13.1 Å². The van der Waals surface area contributed by atoms with E-state index in [1.54, 1.807) is 22.1 Å². The van der Waals surface area contributed by atoms with Crippen LogP contribution >= 0.6 is 0 Å². The molecule has 0 bridgehead atoms. The topological polar surface area (TPSA) is 71.4 Å². The van der Waals surface area contributed by atoms with Crippen LogP contribution in [0.25, 0.3) is 0 Å². The van der Waals surface area contributed by atoms with Gasteiger partial charge in [-0.05, 0) is 55.2 Å². The molecule has 1 amide bonds. The highest BCUT2D eigenvalue weighted by atomic mass is 32.2. The van der Waals surface area contributed by atoms with Crippen molar-refractivity contribution in [1.82, 2.24) is 14.2 Å². The SMILES string of the molecule is CC1CCN(S(=O)(=O)c2cc(C(=O)N[C@H]3CCCc4ccccc43)n(C)c2)CC1. The van der Waals surface area contributed by atoms with Gasteiger partial charge in [-0.1, -0.05) is 31.2 Å². The number of rotatable bonds is 4. The minimum Gasteiger partial charge on any atom is -0.345 e. The molecule has 1 aromatic heterocycles. The summed E-state index contributed by atoms with van der Waals surface area (Å²) in [5.74, 6) is 0.319. The first-order valence-corrected chi connectivity index (χ1v) is 11.9. The second kappa shape index (κ2) is 7.95. The predicted molar refractivity (Wildman–Crippen MR) is 112 cm³/mol. The van der Waals surface area contributed by atoms with E-state index in [2.05, 4.69) is 24.4 Å². The van der Waals surface area contributed by atoms with Crippen LogP contribution in [0.15, 0.2) is 41.4 Å². The zero-order valence-corrected chi connectivity index (χ0v) is 17.9. The normalized spacial score (nSPS) is 21.0. The maximum atomic E-state index is 13.0. The Morgan fingerprint density at radius 2 is 1.86 bits per heavy atom. The summed E-state index contributed by atoms with van der Waals surface area (Å²) in [5, 5.41) is 3.11. The Hall–Kier alpha value is -2.12. The van der Waals surface area contributed by atoms with Crippen LogP contribution in [0.2, 0.25) is 0 Å².